The molecule has 2 atom stereocenters. The molecule has 5 rings (SSSR count). The fourth-order valence-electron chi connectivity index (χ4n) is 5.55. The quantitative estimate of drug-likeness (QED) is 0.542. The first-order valence-corrected chi connectivity index (χ1v) is 12.9. The summed E-state index contributed by atoms with van der Waals surface area (Å²) in [6, 6.07) is 9.21. The summed E-state index contributed by atoms with van der Waals surface area (Å²) in [5.74, 6) is 0.337. The summed E-state index contributed by atoms with van der Waals surface area (Å²) in [7, 11) is -3.20. The van der Waals surface area contributed by atoms with Crippen LogP contribution in [0.5, 0.6) is 0 Å². The van der Waals surface area contributed by atoms with Gasteiger partial charge in [0.05, 0.1) is 6.26 Å². The highest BCUT2D eigenvalue weighted by Gasteiger charge is 2.71. The largest absolute Gasteiger partial charge is 0.430 e. The summed E-state index contributed by atoms with van der Waals surface area (Å²) in [6.45, 7) is 1.80. The molecule has 3 fully saturated rings. The molecule has 4 nitrogen and oxygen atoms in total. The molecular weight excluding hydrogens is 496 g/mol. The van der Waals surface area contributed by atoms with Crippen LogP contribution in [0.25, 0.3) is 11.1 Å². The zero-order chi connectivity index (χ0) is 26.0. The van der Waals surface area contributed by atoms with E-state index < -0.39 is 33.5 Å². The molecule has 3 aliphatic rings. The number of hydrogen-bond donors (Lipinski definition) is 1. The lowest BCUT2D eigenvalue weighted by atomic mass is 9.73. The minimum absolute atomic E-state index is 0.0414. The second kappa shape index (κ2) is 8.48. The predicted molar refractivity (Wildman–Crippen MR) is 118 cm³/mol. The number of piperidine rings is 1. The van der Waals surface area contributed by atoms with Gasteiger partial charge in [-0.1, -0.05) is 42.5 Å². The van der Waals surface area contributed by atoms with Gasteiger partial charge in [-0.25, -0.2) is 8.42 Å². The van der Waals surface area contributed by atoms with Crippen LogP contribution in [0.15, 0.2) is 42.5 Å². The summed E-state index contributed by atoms with van der Waals surface area (Å²) < 4.78 is 104. The van der Waals surface area contributed by atoms with E-state index in [1.54, 1.807) is 17.3 Å². The number of hydrogen-bond acceptors (Lipinski definition) is 3. The van der Waals surface area contributed by atoms with E-state index in [1.165, 1.54) is 6.26 Å². The van der Waals surface area contributed by atoms with E-state index >= 15 is 0 Å². The fraction of sp³-hybridized carbons (Fsp3) is 0.500. The third kappa shape index (κ3) is 4.58. The Morgan fingerprint density at radius 1 is 0.914 bits per heavy atom. The fourth-order valence-corrected chi connectivity index (χ4v) is 6.97. The molecule has 0 aromatic heterocycles. The summed E-state index contributed by atoms with van der Waals surface area (Å²) in [5, 5.41) is 9.56. The van der Waals surface area contributed by atoms with Crippen molar-refractivity contribution in [2.24, 2.45) is 5.92 Å². The van der Waals surface area contributed by atoms with Gasteiger partial charge in [0.15, 0.2) is 0 Å². The summed E-state index contributed by atoms with van der Waals surface area (Å²) in [6.07, 6.45) is -7.41. The minimum Gasteiger partial charge on any atom is -0.369 e. The molecule has 2 bridgehead atoms. The normalized spacial score (nSPS) is 23.7. The SMILES string of the molecule is Cc1cc(CC2CC3CC(C2)N3S(C)(=O)=O)ccc1-c1ccc(C(O)(C(F)(F)F)C(F)(F)F)cc1. The molecule has 1 aliphatic carbocycles. The highest BCUT2D eigenvalue weighted by molar-refractivity contribution is 7.88. The van der Waals surface area contributed by atoms with Crippen LogP contribution in [-0.2, 0) is 22.0 Å². The van der Waals surface area contributed by atoms with Gasteiger partial charge >= 0.3 is 12.4 Å². The van der Waals surface area contributed by atoms with Gasteiger partial charge in [-0.3, -0.25) is 0 Å². The Balaban J connectivity index is 1.50. The van der Waals surface area contributed by atoms with Crippen LogP contribution in [-0.4, -0.2) is 48.5 Å². The maximum Gasteiger partial charge on any atom is 0.430 e. The first-order chi connectivity index (χ1) is 16.0. The molecule has 2 aromatic rings. The van der Waals surface area contributed by atoms with Crippen LogP contribution in [0.1, 0.15) is 36.0 Å². The van der Waals surface area contributed by atoms with E-state index in [-0.39, 0.29) is 12.1 Å². The van der Waals surface area contributed by atoms with Crippen molar-refractivity contribution in [3.8, 4) is 11.1 Å². The average molecular weight is 522 g/mol. The Labute approximate surface area is 199 Å². The van der Waals surface area contributed by atoms with Gasteiger partial charge in [0.2, 0.25) is 10.0 Å². The monoisotopic (exact) mass is 521 g/mol. The molecule has 2 heterocycles. The number of fused-ring (bicyclic) bond motifs is 2. The van der Waals surface area contributed by atoms with Gasteiger partial charge in [0.1, 0.15) is 0 Å². The summed E-state index contributed by atoms with van der Waals surface area (Å²) >= 11 is 0. The molecule has 0 spiro atoms. The second-order valence-electron chi connectivity index (χ2n) is 9.61. The molecule has 11 heteroatoms. The summed E-state index contributed by atoms with van der Waals surface area (Å²) in [4.78, 5) is 0. The van der Waals surface area contributed by atoms with Crippen molar-refractivity contribution in [2.75, 3.05) is 6.26 Å². The van der Waals surface area contributed by atoms with Gasteiger partial charge in [0.25, 0.3) is 5.60 Å². The van der Waals surface area contributed by atoms with Crippen LogP contribution >= 0.6 is 0 Å². The zero-order valence-electron chi connectivity index (χ0n) is 19.0. The molecular formula is C24H25F6NO3S. The molecule has 0 amide bonds. The number of alkyl halides is 6. The average Bonchev–Trinajstić information content (AvgIpc) is 2.70. The van der Waals surface area contributed by atoms with Crippen LogP contribution in [0.2, 0.25) is 0 Å². The highest BCUT2D eigenvalue weighted by atomic mass is 32.2. The van der Waals surface area contributed by atoms with Crippen LogP contribution in [0, 0.1) is 12.8 Å². The minimum atomic E-state index is -5.93. The Kier molecular flexibility index (Phi) is 6.29. The number of rotatable bonds is 5. The number of nitrogens with zero attached hydrogens (tertiary/aromatic N) is 1. The van der Waals surface area contributed by atoms with Gasteiger partial charge in [-0.05, 0) is 60.8 Å². The number of benzene rings is 2. The maximum absolute atomic E-state index is 13.1. The van der Waals surface area contributed by atoms with Crippen molar-refractivity contribution in [3.05, 3.63) is 59.2 Å². The molecule has 2 aromatic carbocycles. The van der Waals surface area contributed by atoms with E-state index in [2.05, 4.69) is 0 Å². The van der Waals surface area contributed by atoms with E-state index in [4.69, 9.17) is 0 Å². The van der Waals surface area contributed by atoms with Crippen molar-refractivity contribution >= 4 is 10.0 Å². The third-order valence-electron chi connectivity index (χ3n) is 7.11. The topological polar surface area (TPSA) is 57.6 Å². The van der Waals surface area contributed by atoms with Crippen molar-refractivity contribution in [2.45, 2.75) is 62.6 Å². The first kappa shape index (κ1) is 26.0. The Morgan fingerprint density at radius 3 is 1.91 bits per heavy atom. The lowest BCUT2D eigenvalue weighted by Crippen LogP contribution is -2.62. The molecule has 35 heavy (non-hydrogen) atoms. The van der Waals surface area contributed by atoms with Crippen molar-refractivity contribution in [3.63, 3.8) is 0 Å². The van der Waals surface area contributed by atoms with Gasteiger partial charge < -0.3 is 5.11 Å². The van der Waals surface area contributed by atoms with E-state index in [9.17, 15) is 39.9 Å². The molecule has 2 saturated heterocycles. The van der Waals surface area contributed by atoms with Gasteiger partial charge in [0, 0.05) is 17.6 Å². The molecule has 0 radical (unpaired) electrons. The molecule has 2 aliphatic heterocycles. The van der Waals surface area contributed by atoms with Crippen LogP contribution < -0.4 is 0 Å². The molecule has 1 N–H and O–H groups in total. The van der Waals surface area contributed by atoms with E-state index in [1.807, 2.05) is 12.1 Å². The van der Waals surface area contributed by atoms with Crippen molar-refractivity contribution in [1.29, 1.82) is 0 Å². The number of aliphatic hydroxyl groups is 1. The Morgan fingerprint density at radius 2 is 1.46 bits per heavy atom. The smallest absolute Gasteiger partial charge is 0.369 e. The van der Waals surface area contributed by atoms with Gasteiger partial charge in [-0.2, -0.15) is 30.6 Å². The Bertz CT molecular complexity index is 1180. The molecule has 2 unspecified atom stereocenters. The lowest BCUT2D eigenvalue weighted by molar-refractivity contribution is -0.376. The van der Waals surface area contributed by atoms with Gasteiger partial charge in [-0.15, -0.1) is 0 Å². The predicted octanol–water partition coefficient (Wildman–Crippen LogP) is 5.33. The lowest BCUT2D eigenvalue weighted by Gasteiger charge is -2.53. The van der Waals surface area contributed by atoms with E-state index in [0.29, 0.717) is 29.2 Å². The first-order valence-electron chi connectivity index (χ1n) is 11.1. The van der Waals surface area contributed by atoms with Crippen LogP contribution in [0.3, 0.4) is 0 Å². The standard InChI is InChI=1S/C24H25F6NO3S/c1-14-9-15(10-16-11-19-13-20(12-16)31(19)35(2,33)34)3-8-21(14)17-4-6-18(7-5-17)22(32,23(25,26)27)24(28,29)30/h3-9,16,19-20,32H,10-13H2,1-2H3. The van der Waals surface area contributed by atoms with Crippen molar-refractivity contribution in [1.82, 2.24) is 4.31 Å². The van der Waals surface area contributed by atoms with E-state index in [0.717, 1.165) is 48.9 Å². The number of sulfonamides is 1. The molecule has 1 saturated carbocycles. The number of aryl methyl sites for hydroxylation is 1. The Hall–Kier alpha value is -2.11. The molecule has 192 valence electrons. The number of halogens is 6. The third-order valence-corrected chi connectivity index (χ3v) is 8.47. The maximum atomic E-state index is 13.1. The summed E-state index contributed by atoms with van der Waals surface area (Å²) in [5.41, 5.74) is -3.34. The highest BCUT2D eigenvalue weighted by Crippen LogP contribution is 2.50. The van der Waals surface area contributed by atoms with Crippen molar-refractivity contribution < 1.29 is 39.9 Å². The second-order valence-corrected chi connectivity index (χ2v) is 11.5. The zero-order valence-corrected chi connectivity index (χ0v) is 19.8. The van der Waals surface area contributed by atoms with Crippen LogP contribution in [0.4, 0.5) is 26.3 Å².